The molecule has 188 valence electrons. The molecule has 3 heteroatoms. The van der Waals surface area contributed by atoms with Crippen LogP contribution in [0.5, 0.6) is 0 Å². The molecule has 2 fully saturated rings. The Bertz CT molecular complexity index is 832. The van der Waals surface area contributed by atoms with E-state index in [1.54, 1.807) is 31.1 Å². The van der Waals surface area contributed by atoms with Crippen LogP contribution >= 0.6 is 0 Å². The van der Waals surface area contributed by atoms with E-state index in [0.29, 0.717) is 11.8 Å². The molecular weight excluding hydrogens is 408 g/mol. The zero-order chi connectivity index (χ0) is 24.6. The average molecular weight is 459 g/mol. The summed E-state index contributed by atoms with van der Waals surface area (Å²) in [6, 6.07) is 0. The summed E-state index contributed by atoms with van der Waals surface area (Å²) in [5.74, 6) is 1.21. The van der Waals surface area contributed by atoms with Gasteiger partial charge >= 0.3 is 0 Å². The highest BCUT2D eigenvalue weighted by Gasteiger charge is 2.63. The van der Waals surface area contributed by atoms with Crippen molar-refractivity contribution in [3.8, 4) is 0 Å². The Morgan fingerprint density at radius 2 is 1.61 bits per heavy atom. The first kappa shape index (κ1) is 25.5. The first-order chi connectivity index (χ1) is 15.1. The molecule has 0 heterocycles. The van der Waals surface area contributed by atoms with Gasteiger partial charge in [0.15, 0.2) is 0 Å². The van der Waals surface area contributed by atoms with Crippen LogP contribution in [-0.4, -0.2) is 33.1 Å². The minimum atomic E-state index is -0.894. The highest BCUT2D eigenvalue weighted by molar-refractivity contribution is 5.38. The van der Waals surface area contributed by atoms with Crippen LogP contribution in [0.2, 0.25) is 0 Å². The molecule has 0 saturated heterocycles. The van der Waals surface area contributed by atoms with Crippen molar-refractivity contribution >= 4 is 0 Å². The molecular formula is C30H50O3. The van der Waals surface area contributed by atoms with E-state index in [4.69, 9.17) is 0 Å². The summed E-state index contributed by atoms with van der Waals surface area (Å²) in [5.41, 5.74) is 3.20. The second kappa shape index (κ2) is 7.93. The normalized spacial score (nSPS) is 44.9. The lowest BCUT2D eigenvalue weighted by molar-refractivity contribution is -0.0967. The number of fused-ring (bicyclic) bond motifs is 4. The van der Waals surface area contributed by atoms with Crippen molar-refractivity contribution in [3.63, 3.8) is 0 Å². The van der Waals surface area contributed by atoms with Crippen molar-refractivity contribution in [3.05, 3.63) is 23.3 Å². The quantitative estimate of drug-likeness (QED) is 0.426. The maximum atomic E-state index is 11.0. The first-order valence-corrected chi connectivity index (χ1v) is 13.6. The number of aliphatic hydroxyl groups excluding tert-OH is 2. The largest absolute Gasteiger partial charge is 0.393 e. The van der Waals surface area contributed by atoms with Gasteiger partial charge < -0.3 is 15.3 Å². The number of rotatable bonds is 4. The second-order valence-electron chi connectivity index (χ2n) is 14.1. The van der Waals surface area contributed by atoms with Gasteiger partial charge in [0.2, 0.25) is 0 Å². The fourth-order valence-electron chi connectivity index (χ4n) is 9.31. The fourth-order valence-corrected chi connectivity index (χ4v) is 9.31. The molecule has 2 saturated carbocycles. The standard InChI is InChI=1S/C30H50O3/c1-19(23(31)13-15-26(2,3)33)20-11-17-30(8)22-9-10-24-27(4,5)25(32)14-16-28(24,6)21(22)12-18-29(20,30)7/h13,15,19-20,23-25,31-33H,9-12,14,16-18H2,1-8H3/b15-13+/t19-,20+,23+,24?,25-,28+,29+,30-/m0/s1. The number of aliphatic hydroxyl groups is 3. The lowest BCUT2D eigenvalue weighted by Gasteiger charge is -2.62. The van der Waals surface area contributed by atoms with Crippen molar-refractivity contribution in [1.82, 2.24) is 0 Å². The molecule has 0 bridgehead atoms. The number of hydrogen-bond acceptors (Lipinski definition) is 3. The predicted molar refractivity (Wildman–Crippen MR) is 136 cm³/mol. The summed E-state index contributed by atoms with van der Waals surface area (Å²) in [6.45, 7) is 17.9. The Balaban J connectivity index is 1.66. The Morgan fingerprint density at radius 3 is 2.24 bits per heavy atom. The van der Waals surface area contributed by atoms with Crippen molar-refractivity contribution in [2.45, 2.75) is 125 Å². The molecule has 0 aliphatic heterocycles. The van der Waals surface area contributed by atoms with Crippen molar-refractivity contribution in [2.75, 3.05) is 0 Å². The molecule has 3 N–H and O–H groups in total. The summed E-state index contributed by atoms with van der Waals surface area (Å²) in [6.07, 6.45) is 12.0. The van der Waals surface area contributed by atoms with Crippen LogP contribution in [0.15, 0.2) is 23.3 Å². The van der Waals surface area contributed by atoms with Gasteiger partial charge in [0.25, 0.3) is 0 Å². The lowest BCUT2D eigenvalue weighted by Crippen LogP contribution is -2.55. The average Bonchev–Trinajstić information content (AvgIpc) is 3.00. The molecule has 4 aliphatic carbocycles. The predicted octanol–water partition coefficient (Wildman–Crippen LogP) is 6.42. The Labute approximate surface area is 202 Å². The van der Waals surface area contributed by atoms with Gasteiger partial charge in [0.05, 0.1) is 17.8 Å². The van der Waals surface area contributed by atoms with Crippen molar-refractivity contribution < 1.29 is 15.3 Å². The minimum absolute atomic E-state index is 0.0170. The van der Waals surface area contributed by atoms with Gasteiger partial charge in [0.1, 0.15) is 0 Å². The van der Waals surface area contributed by atoms with Gasteiger partial charge in [-0.3, -0.25) is 0 Å². The van der Waals surface area contributed by atoms with Crippen LogP contribution in [-0.2, 0) is 0 Å². The van der Waals surface area contributed by atoms with Crippen LogP contribution < -0.4 is 0 Å². The van der Waals surface area contributed by atoms with E-state index in [9.17, 15) is 15.3 Å². The molecule has 8 atom stereocenters. The summed E-state index contributed by atoms with van der Waals surface area (Å²) in [4.78, 5) is 0. The van der Waals surface area contributed by atoms with Gasteiger partial charge in [-0.25, -0.2) is 0 Å². The molecule has 4 rings (SSSR count). The van der Waals surface area contributed by atoms with Crippen LogP contribution in [0.3, 0.4) is 0 Å². The smallest absolute Gasteiger partial charge is 0.0772 e. The highest BCUT2D eigenvalue weighted by Crippen LogP contribution is 2.72. The topological polar surface area (TPSA) is 60.7 Å². The molecule has 0 aromatic rings. The summed E-state index contributed by atoms with van der Waals surface area (Å²) in [7, 11) is 0. The van der Waals surface area contributed by atoms with E-state index < -0.39 is 11.7 Å². The molecule has 0 amide bonds. The molecule has 3 nitrogen and oxygen atoms in total. The number of allylic oxidation sites excluding steroid dienone is 2. The van der Waals surface area contributed by atoms with Crippen LogP contribution in [0.1, 0.15) is 107 Å². The molecule has 0 spiro atoms. The highest BCUT2D eigenvalue weighted by atomic mass is 16.3. The third-order valence-corrected chi connectivity index (χ3v) is 11.7. The van der Waals surface area contributed by atoms with E-state index in [1.165, 1.54) is 38.5 Å². The van der Waals surface area contributed by atoms with Gasteiger partial charge in [0, 0.05) is 0 Å². The Hall–Kier alpha value is -0.640. The monoisotopic (exact) mass is 458 g/mol. The van der Waals surface area contributed by atoms with Gasteiger partial charge in [-0.1, -0.05) is 64.8 Å². The van der Waals surface area contributed by atoms with Crippen LogP contribution in [0.4, 0.5) is 0 Å². The second-order valence-corrected chi connectivity index (χ2v) is 14.1. The zero-order valence-corrected chi connectivity index (χ0v) is 22.5. The maximum absolute atomic E-state index is 11.0. The van der Waals surface area contributed by atoms with E-state index in [1.807, 2.05) is 6.08 Å². The van der Waals surface area contributed by atoms with Gasteiger partial charge in [-0.15, -0.1) is 0 Å². The van der Waals surface area contributed by atoms with Crippen LogP contribution in [0.25, 0.3) is 0 Å². The molecule has 33 heavy (non-hydrogen) atoms. The third-order valence-electron chi connectivity index (χ3n) is 11.7. The SMILES string of the molecule is C[C@H]([C@H](O)/C=C/C(C)(C)O)[C@H]1CC[C@@]2(C)C3=C(CC[C@]12C)[C@@]1(C)CC[C@H](O)C(C)(C)C1CC3. The van der Waals surface area contributed by atoms with Crippen molar-refractivity contribution in [1.29, 1.82) is 0 Å². The lowest BCUT2D eigenvalue weighted by atomic mass is 9.43. The fraction of sp³-hybridized carbons (Fsp3) is 0.867. The zero-order valence-electron chi connectivity index (χ0n) is 22.5. The van der Waals surface area contributed by atoms with E-state index in [2.05, 4.69) is 41.5 Å². The molecule has 4 aliphatic rings. The molecule has 0 aromatic heterocycles. The summed E-state index contributed by atoms with van der Waals surface area (Å²) in [5, 5.41) is 31.9. The first-order valence-electron chi connectivity index (χ1n) is 13.6. The van der Waals surface area contributed by atoms with Gasteiger partial charge in [-0.05, 0) is 105 Å². The van der Waals surface area contributed by atoms with E-state index >= 15 is 0 Å². The molecule has 1 unspecified atom stereocenters. The van der Waals surface area contributed by atoms with E-state index in [0.717, 1.165) is 12.8 Å². The van der Waals surface area contributed by atoms with Crippen molar-refractivity contribution in [2.24, 2.45) is 39.4 Å². The maximum Gasteiger partial charge on any atom is 0.0772 e. The minimum Gasteiger partial charge on any atom is -0.393 e. The summed E-state index contributed by atoms with van der Waals surface area (Å²) < 4.78 is 0. The molecule has 0 radical (unpaired) electrons. The Morgan fingerprint density at radius 1 is 0.939 bits per heavy atom. The third kappa shape index (κ3) is 3.71. The van der Waals surface area contributed by atoms with Gasteiger partial charge in [-0.2, -0.15) is 0 Å². The molecule has 0 aromatic carbocycles. The Kier molecular flexibility index (Phi) is 6.12. The number of hydrogen-bond donors (Lipinski definition) is 3. The van der Waals surface area contributed by atoms with E-state index in [-0.39, 0.29) is 33.7 Å². The van der Waals surface area contributed by atoms with Crippen LogP contribution in [0, 0.1) is 39.4 Å². The summed E-state index contributed by atoms with van der Waals surface area (Å²) >= 11 is 0.